The standard InChI is InChI=1S/C6H6.C4H6N4/c1-2-4-6-5-3-1;5-8-4-1-2-6-3-7-4/h1-6H;1-3H,5H2,(H,6,7,8). The van der Waals surface area contributed by atoms with Crippen LogP contribution >= 0.6 is 0 Å². The third kappa shape index (κ3) is 4.18. The first-order valence-electron chi connectivity index (χ1n) is 4.16. The largest absolute Gasteiger partial charge is 0.308 e. The molecular weight excluding hydrogens is 176 g/mol. The van der Waals surface area contributed by atoms with Gasteiger partial charge in [-0.3, -0.25) is 0 Å². The van der Waals surface area contributed by atoms with Gasteiger partial charge in [0.25, 0.3) is 0 Å². The van der Waals surface area contributed by atoms with Crippen LogP contribution in [0.3, 0.4) is 0 Å². The lowest BCUT2D eigenvalue weighted by molar-refractivity contribution is 1.14. The van der Waals surface area contributed by atoms with Gasteiger partial charge in [-0.15, -0.1) is 0 Å². The van der Waals surface area contributed by atoms with Gasteiger partial charge in [0.2, 0.25) is 0 Å². The maximum atomic E-state index is 5.01. The maximum Gasteiger partial charge on any atom is 0.143 e. The SMILES string of the molecule is NNc1ccncn1.c1ccccc1. The van der Waals surface area contributed by atoms with Crippen molar-refractivity contribution >= 4 is 5.82 Å². The van der Waals surface area contributed by atoms with E-state index in [0.717, 1.165) is 0 Å². The molecule has 0 unspecified atom stereocenters. The van der Waals surface area contributed by atoms with Crippen LogP contribution in [0.1, 0.15) is 0 Å². The minimum Gasteiger partial charge on any atom is -0.308 e. The Morgan fingerprint density at radius 3 is 1.86 bits per heavy atom. The Morgan fingerprint density at radius 2 is 1.57 bits per heavy atom. The number of hydrogen-bond donors (Lipinski definition) is 2. The highest BCUT2D eigenvalue weighted by molar-refractivity contribution is 5.28. The summed E-state index contributed by atoms with van der Waals surface area (Å²) in [4.78, 5) is 7.44. The van der Waals surface area contributed by atoms with Crippen LogP contribution in [0.5, 0.6) is 0 Å². The van der Waals surface area contributed by atoms with E-state index < -0.39 is 0 Å². The minimum absolute atomic E-state index is 0.625. The van der Waals surface area contributed by atoms with Crippen LogP contribution in [0.2, 0.25) is 0 Å². The second kappa shape index (κ2) is 6.56. The Bertz CT molecular complexity index is 296. The zero-order valence-electron chi connectivity index (χ0n) is 7.67. The predicted molar refractivity (Wildman–Crippen MR) is 56.3 cm³/mol. The molecule has 1 heterocycles. The molecule has 0 radical (unpaired) electrons. The van der Waals surface area contributed by atoms with Crippen molar-refractivity contribution in [2.45, 2.75) is 0 Å². The number of hydrogen-bond acceptors (Lipinski definition) is 4. The van der Waals surface area contributed by atoms with Gasteiger partial charge in [-0.05, 0) is 0 Å². The molecule has 0 aliphatic carbocycles. The molecule has 1 aromatic heterocycles. The van der Waals surface area contributed by atoms with Gasteiger partial charge in [0, 0.05) is 12.3 Å². The Labute approximate surface area is 82.8 Å². The van der Waals surface area contributed by atoms with Gasteiger partial charge in [-0.1, -0.05) is 36.4 Å². The van der Waals surface area contributed by atoms with E-state index in [9.17, 15) is 0 Å². The van der Waals surface area contributed by atoms with Crippen LogP contribution in [0.15, 0.2) is 55.0 Å². The van der Waals surface area contributed by atoms with Crippen molar-refractivity contribution in [3.8, 4) is 0 Å². The van der Waals surface area contributed by atoms with Gasteiger partial charge >= 0.3 is 0 Å². The van der Waals surface area contributed by atoms with Gasteiger partial charge in [-0.25, -0.2) is 15.8 Å². The second-order valence-corrected chi connectivity index (χ2v) is 2.39. The molecule has 0 aliphatic heterocycles. The smallest absolute Gasteiger partial charge is 0.143 e. The molecule has 0 atom stereocenters. The van der Waals surface area contributed by atoms with Crippen LogP contribution in [0, 0.1) is 0 Å². The average Bonchev–Trinajstić information content (AvgIpc) is 2.33. The van der Waals surface area contributed by atoms with Gasteiger partial charge in [0.1, 0.15) is 12.1 Å². The molecule has 0 saturated heterocycles. The third-order valence-electron chi connectivity index (χ3n) is 1.40. The Hall–Kier alpha value is -1.94. The highest BCUT2D eigenvalue weighted by atomic mass is 15.2. The number of hydrazine groups is 1. The minimum atomic E-state index is 0.625. The molecule has 0 fully saturated rings. The maximum absolute atomic E-state index is 5.01. The zero-order chi connectivity index (χ0) is 10.1. The van der Waals surface area contributed by atoms with Crippen LogP contribution in [0.4, 0.5) is 5.82 Å². The molecule has 4 nitrogen and oxygen atoms in total. The summed E-state index contributed by atoms with van der Waals surface area (Å²) < 4.78 is 0. The summed E-state index contributed by atoms with van der Waals surface area (Å²) in [5, 5.41) is 0. The van der Waals surface area contributed by atoms with E-state index in [1.54, 1.807) is 12.3 Å². The summed E-state index contributed by atoms with van der Waals surface area (Å²) in [6, 6.07) is 13.7. The van der Waals surface area contributed by atoms with E-state index in [1.807, 2.05) is 36.4 Å². The Kier molecular flexibility index (Phi) is 4.75. The van der Waals surface area contributed by atoms with Gasteiger partial charge in [-0.2, -0.15) is 0 Å². The Balaban J connectivity index is 0.000000146. The number of anilines is 1. The van der Waals surface area contributed by atoms with Gasteiger partial charge in [0.15, 0.2) is 0 Å². The molecule has 0 saturated carbocycles. The lowest BCUT2D eigenvalue weighted by atomic mass is 10.4. The first kappa shape index (κ1) is 10.1. The summed E-state index contributed by atoms with van der Waals surface area (Å²) in [7, 11) is 0. The predicted octanol–water partition coefficient (Wildman–Crippen LogP) is 1.45. The van der Waals surface area contributed by atoms with Crippen LogP contribution in [-0.4, -0.2) is 9.97 Å². The molecule has 2 rings (SSSR count). The molecular formula is C10H12N4. The number of nitrogen functional groups attached to an aromatic ring is 1. The van der Waals surface area contributed by atoms with Crippen molar-refractivity contribution in [3.63, 3.8) is 0 Å². The van der Waals surface area contributed by atoms with Crippen molar-refractivity contribution in [1.82, 2.24) is 9.97 Å². The monoisotopic (exact) mass is 188 g/mol. The number of benzene rings is 1. The fourth-order valence-electron chi connectivity index (χ4n) is 0.761. The van der Waals surface area contributed by atoms with E-state index >= 15 is 0 Å². The summed E-state index contributed by atoms with van der Waals surface area (Å²) >= 11 is 0. The van der Waals surface area contributed by atoms with Crippen LogP contribution in [-0.2, 0) is 0 Å². The molecule has 1 aromatic carbocycles. The average molecular weight is 188 g/mol. The third-order valence-corrected chi connectivity index (χ3v) is 1.40. The summed E-state index contributed by atoms with van der Waals surface area (Å²) in [6.45, 7) is 0. The van der Waals surface area contributed by atoms with E-state index in [0.29, 0.717) is 5.82 Å². The van der Waals surface area contributed by atoms with Crippen molar-refractivity contribution in [2.24, 2.45) is 5.84 Å². The van der Waals surface area contributed by atoms with Crippen molar-refractivity contribution in [3.05, 3.63) is 55.0 Å². The van der Waals surface area contributed by atoms with Crippen molar-refractivity contribution in [1.29, 1.82) is 0 Å². The lowest BCUT2D eigenvalue weighted by Gasteiger charge is -1.92. The molecule has 0 spiro atoms. The molecule has 0 aliphatic rings. The molecule has 0 amide bonds. The van der Waals surface area contributed by atoms with Gasteiger partial charge in [0.05, 0.1) is 0 Å². The van der Waals surface area contributed by atoms with Crippen molar-refractivity contribution in [2.75, 3.05) is 5.43 Å². The first-order valence-corrected chi connectivity index (χ1v) is 4.16. The molecule has 3 N–H and O–H groups in total. The normalized spacial score (nSPS) is 8.36. The summed E-state index contributed by atoms with van der Waals surface area (Å²) in [6.07, 6.45) is 3.04. The number of nitrogens with two attached hydrogens (primary N) is 1. The number of nitrogens with zero attached hydrogens (tertiary/aromatic N) is 2. The van der Waals surface area contributed by atoms with Gasteiger partial charge < -0.3 is 5.43 Å². The molecule has 2 aromatic rings. The second-order valence-electron chi connectivity index (χ2n) is 2.39. The molecule has 4 heteroatoms. The van der Waals surface area contributed by atoms with Crippen LogP contribution in [0.25, 0.3) is 0 Å². The summed E-state index contributed by atoms with van der Waals surface area (Å²) in [5.41, 5.74) is 2.38. The van der Waals surface area contributed by atoms with E-state index in [4.69, 9.17) is 5.84 Å². The fourth-order valence-corrected chi connectivity index (χ4v) is 0.761. The highest BCUT2D eigenvalue weighted by Gasteiger charge is 1.80. The lowest BCUT2D eigenvalue weighted by Crippen LogP contribution is -2.07. The quantitative estimate of drug-likeness (QED) is 0.525. The van der Waals surface area contributed by atoms with Crippen molar-refractivity contribution < 1.29 is 0 Å². The molecule has 14 heavy (non-hydrogen) atoms. The fraction of sp³-hybridized carbons (Fsp3) is 0. The van der Waals surface area contributed by atoms with E-state index in [-0.39, 0.29) is 0 Å². The Morgan fingerprint density at radius 1 is 1.00 bits per heavy atom. The topological polar surface area (TPSA) is 63.8 Å². The first-order chi connectivity index (χ1) is 6.93. The highest BCUT2D eigenvalue weighted by Crippen LogP contribution is 1.91. The molecule has 0 bridgehead atoms. The van der Waals surface area contributed by atoms with E-state index in [2.05, 4.69) is 15.4 Å². The number of nitrogens with one attached hydrogen (secondary N) is 1. The zero-order valence-corrected chi connectivity index (χ0v) is 7.67. The van der Waals surface area contributed by atoms with E-state index in [1.165, 1.54) is 6.33 Å². The van der Waals surface area contributed by atoms with Crippen LogP contribution < -0.4 is 11.3 Å². The molecule has 72 valence electrons. The number of rotatable bonds is 1. The summed E-state index contributed by atoms with van der Waals surface area (Å²) in [5.74, 6) is 5.63. The number of aromatic nitrogens is 2.